The van der Waals surface area contributed by atoms with E-state index >= 15 is 0 Å². The van der Waals surface area contributed by atoms with Crippen LogP contribution in [0.5, 0.6) is 0 Å². The van der Waals surface area contributed by atoms with Crippen LogP contribution < -0.4 is 5.32 Å². The van der Waals surface area contributed by atoms with Gasteiger partial charge in [-0.3, -0.25) is 0 Å². The van der Waals surface area contributed by atoms with Gasteiger partial charge in [-0.25, -0.2) is 4.98 Å². The van der Waals surface area contributed by atoms with Crippen molar-refractivity contribution >= 4 is 11.3 Å². The molecule has 0 radical (unpaired) electrons. The van der Waals surface area contributed by atoms with Crippen LogP contribution in [-0.4, -0.2) is 37.5 Å². The van der Waals surface area contributed by atoms with Crippen molar-refractivity contribution in [1.29, 1.82) is 0 Å². The third kappa shape index (κ3) is 3.41. The number of nitrogens with zero attached hydrogens (tertiary/aromatic N) is 1. The van der Waals surface area contributed by atoms with Gasteiger partial charge in [-0.05, 0) is 40.0 Å². The van der Waals surface area contributed by atoms with E-state index in [1.165, 1.54) is 41.3 Å². The molecule has 1 N–H and O–H groups in total. The molecule has 3 atom stereocenters. The Labute approximate surface area is 150 Å². The molecule has 5 heteroatoms. The molecule has 0 amide bonds. The topological polar surface area (TPSA) is 43.4 Å². The molecule has 0 bridgehead atoms. The second-order valence-corrected chi connectivity index (χ2v) is 8.48. The second kappa shape index (κ2) is 7.81. The summed E-state index contributed by atoms with van der Waals surface area (Å²) in [6.45, 7) is 8.13. The van der Waals surface area contributed by atoms with Gasteiger partial charge in [-0.15, -0.1) is 11.3 Å². The summed E-state index contributed by atoms with van der Waals surface area (Å²) in [6.07, 6.45) is 7.90. The van der Waals surface area contributed by atoms with Crippen LogP contribution in [0, 0.1) is 12.3 Å². The summed E-state index contributed by atoms with van der Waals surface area (Å²) in [5.74, 6) is 0. The Kier molecular flexibility index (Phi) is 5.96. The highest BCUT2D eigenvalue weighted by atomic mass is 32.1. The lowest BCUT2D eigenvalue weighted by molar-refractivity contribution is -0.132. The van der Waals surface area contributed by atoms with Crippen molar-refractivity contribution in [2.45, 2.75) is 77.5 Å². The maximum Gasteiger partial charge on any atom is 0.0954 e. The highest BCUT2D eigenvalue weighted by Gasteiger charge is 2.56. The van der Waals surface area contributed by atoms with E-state index in [0.29, 0.717) is 23.6 Å². The van der Waals surface area contributed by atoms with Crippen LogP contribution in [0.25, 0.3) is 0 Å². The van der Waals surface area contributed by atoms with Crippen LogP contribution in [0.3, 0.4) is 0 Å². The minimum atomic E-state index is 0.365. The molecule has 1 aromatic rings. The smallest absolute Gasteiger partial charge is 0.0954 e. The lowest BCUT2D eigenvalue weighted by Gasteiger charge is -2.55. The van der Waals surface area contributed by atoms with Crippen LogP contribution >= 0.6 is 11.3 Å². The number of methoxy groups -OCH3 is 1. The predicted octanol–water partition coefficient (Wildman–Crippen LogP) is 4.03. The molecular formula is C19H32N2O2S. The van der Waals surface area contributed by atoms with Gasteiger partial charge in [-0.1, -0.05) is 12.8 Å². The third-order valence-corrected chi connectivity index (χ3v) is 7.33. The van der Waals surface area contributed by atoms with Gasteiger partial charge in [0.25, 0.3) is 0 Å². The van der Waals surface area contributed by atoms with E-state index in [-0.39, 0.29) is 0 Å². The number of aryl methyl sites for hydroxylation is 1. The summed E-state index contributed by atoms with van der Waals surface area (Å²) >= 11 is 1.84. The number of rotatable bonds is 8. The van der Waals surface area contributed by atoms with Gasteiger partial charge in [0.1, 0.15) is 0 Å². The monoisotopic (exact) mass is 352 g/mol. The molecule has 0 aromatic carbocycles. The zero-order chi connectivity index (χ0) is 17.2. The normalized spacial score (nSPS) is 26.7. The molecule has 3 rings (SSSR count). The van der Waals surface area contributed by atoms with Gasteiger partial charge in [-0.2, -0.15) is 0 Å². The first-order chi connectivity index (χ1) is 11.6. The molecule has 2 saturated carbocycles. The van der Waals surface area contributed by atoms with Gasteiger partial charge in [0.15, 0.2) is 0 Å². The SMILES string of the molecule is CCO[C@@H]1C[C@@H](N[C@@H](C)c2sc(CCOC)nc2C)C12CCCC2. The zero-order valence-electron chi connectivity index (χ0n) is 15.6. The molecule has 2 fully saturated rings. The average molecular weight is 353 g/mol. The standard InChI is InChI=1S/C19H32N2O2S/c1-5-23-16-12-15(19(16)9-6-7-10-19)20-13(2)18-14(3)21-17(24-18)8-11-22-4/h13,15-16,20H,5-12H2,1-4H3/t13-,15+,16+/m0/s1. The number of aromatic nitrogens is 1. The Morgan fingerprint density at radius 3 is 2.79 bits per heavy atom. The molecular weight excluding hydrogens is 320 g/mol. The lowest BCUT2D eigenvalue weighted by atomic mass is 9.60. The van der Waals surface area contributed by atoms with E-state index in [1.807, 2.05) is 11.3 Å². The van der Waals surface area contributed by atoms with Gasteiger partial charge in [0, 0.05) is 42.5 Å². The van der Waals surface area contributed by atoms with E-state index in [4.69, 9.17) is 14.5 Å². The van der Waals surface area contributed by atoms with Crippen molar-refractivity contribution in [2.75, 3.05) is 20.3 Å². The minimum Gasteiger partial charge on any atom is -0.384 e. The van der Waals surface area contributed by atoms with Crippen molar-refractivity contribution < 1.29 is 9.47 Å². The highest BCUT2D eigenvalue weighted by Crippen LogP contribution is 2.55. The highest BCUT2D eigenvalue weighted by molar-refractivity contribution is 7.11. The second-order valence-electron chi connectivity index (χ2n) is 7.36. The van der Waals surface area contributed by atoms with E-state index in [9.17, 15) is 0 Å². The summed E-state index contributed by atoms with van der Waals surface area (Å²) < 4.78 is 11.2. The summed E-state index contributed by atoms with van der Waals surface area (Å²) in [5.41, 5.74) is 1.56. The van der Waals surface area contributed by atoms with Crippen LogP contribution in [0.2, 0.25) is 0 Å². The van der Waals surface area contributed by atoms with Crippen molar-refractivity contribution in [3.63, 3.8) is 0 Å². The Hall–Kier alpha value is -0.490. The summed E-state index contributed by atoms with van der Waals surface area (Å²) in [4.78, 5) is 6.11. The fourth-order valence-electron chi connectivity index (χ4n) is 4.66. The molecule has 0 saturated heterocycles. The number of thiazole rings is 1. The first-order valence-electron chi connectivity index (χ1n) is 9.43. The number of hydrogen-bond donors (Lipinski definition) is 1. The first-order valence-corrected chi connectivity index (χ1v) is 10.2. The maximum absolute atomic E-state index is 6.04. The summed E-state index contributed by atoms with van der Waals surface area (Å²) in [6, 6.07) is 0.958. The summed E-state index contributed by atoms with van der Waals surface area (Å²) in [7, 11) is 1.75. The third-order valence-electron chi connectivity index (χ3n) is 5.93. The number of hydrogen-bond acceptors (Lipinski definition) is 5. The Balaban J connectivity index is 1.64. The predicted molar refractivity (Wildman–Crippen MR) is 98.7 cm³/mol. The van der Waals surface area contributed by atoms with Crippen molar-refractivity contribution in [3.05, 3.63) is 15.6 Å². The molecule has 1 heterocycles. The molecule has 136 valence electrons. The van der Waals surface area contributed by atoms with Gasteiger partial charge in [0.2, 0.25) is 0 Å². The van der Waals surface area contributed by atoms with E-state index in [0.717, 1.165) is 26.1 Å². The first kappa shape index (κ1) is 18.3. The van der Waals surface area contributed by atoms with Crippen molar-refractivity contribution in [1.82, 2.24) is 10.3 Å². The fourth-order valence-corrected chi connectivity index (χ4v) is 5.72. The van der Waals surface area contributed by atoms with Crippen molar-refractivity contribution in [3.8, 4) is 0 Å². The Bertz CT molecular complexity index is 539. The van der Waals surface area contributed by atoms with Gasteiger partial charge < -0.3 is 14.8 Å². The van der Waals surface area contributed by atoms with Crippen molar-refractivity contribution in [2.24, 2.45) is 5.41 Å². The molecule has 0 aliphatic heterocycles. The molecule has 1 aromatic heterocycles. The molecule has 2 aliphatic carbocycles. The Morgan fingerprint density at radius 2 is 2.12 bits per heavy atom. The minimum absolute atomic E-state index is 0.365. The lowest BCUT2D eigenvalue weighted by Crippen LogP contribution is -2.62. The zero-order valence-corrected chi connectivity index (χ0v) is 16.4. The fraction of sp³-hybridized carbons (Fsp3) is 0.842. The summed E-state index contributed by atoms with van der Waals surface area (Å²) in [5, 5.41) is 5.11. The molecule has 2 aliphatic rings. The van der Waals surface area contributed by atoms with Gasteiger partial charge in [0.05, 0.1) is 23.4 Å². The average Bonchev–Trinajstić information content (AvgIpc) is 3.20. The largest absolute Gasteiger partial charge is 0.384 e. The quantitative estimate of drug-likeness (QED) is 0.767. The maximum atomic E-state index is 6.04. The number of ether oxygens (including phenoxy) is 2. The van der Waals surface area contributed by atoms with Crippen LogP contribution in [0.1, 0.15) is 67.6 Å². The molecule has 1 spiro atoms. The molecule has 4 nitrogen and oxygen atoms in total. The van der Waals surface area contributed by atoms with E-state index in [1.54, 1.807) is 7.11 Å². The Morgan fingerprint density at radius 1 is 1.38 bits per heavy atom. The van der Waals surface area contributed by atoms with E-state index in [2.05, 4.69) is 26.1 Å². The molecule has 0 unspecified atom stereocenters. The van der Waals surface area contributed by atoms with Crippen LogP contribution in [-0.2, 0) is 15.9 Å². The molecule has 24 heavy (non-hydrogen) atoms. The van der Waals surface area contributed by atoms with Gasteiger partial charge >= 0.3 is 0 Å². The van der Waals surface area contributed by atoms with E-state index < -0.39 is 0 Å². The van der Waals surface area contributed by atoms with Crippen LogP contribution in [0.4, 0.5) is 0 Å². The van der Waals surface area contributed by atoms with Crippen LogP contribution in [0.15, 0.2) is 0 Å². The number of nitrogens with one attached hydrogen (secondary N) is 1.